The van der Waals surface area contributed by atoms with Gasteiger partial charge in [-0.3, -0.25) is 20.2 Å². The zero-order valence-electron chi connectivity index (χ0n) is 11.3. The van der Waals surface area contributed by atoms with Crippen LogP contribution in [-0.2, 0) is 9.59 Å². The molecule has 2 rings (SSSR count). The van der Waals surface area contributed by atoms with E-state index >= 15 is 0 Å². The van der Waals surface area contributed by atoms with Crippen LogP contribution in [0.4, 0.5) is 4.79 Å². The number of rotatable bonds is 3. The summed E-state index contributed by atoms with van der Waals surface area (Å²) < 4.78 is 0. The van der Waals surface area contributed by atoms with E-state index in [1.165, 1.54) is 24.8 Å². The minimum absolute atomic E-state index is 0.379. The van der Waals surface area contributed by atoms with Crippen molar-refractivity contribution in [3.05, 3.63) is 11.6 Å². The molecule has 19 heavy (non-hydrogen) atoms. The van der Waals surface area contributed by atoms with Gasteiger partial charge >= 0.3 is 6.03 Å². The van der Waals surface area contributed by atoms with Gasteiger partial charge in [0.25, 0.3) is 0 Å². The fourth-order valence-electron chi connectivity index (χ4n) is 2.76. The second kappa shape index (κ2) is 5.55. The first-order valence-corrected chi connectivity index (χ1v) is 6.93. The lowest BCUT2D eigenvalue weighted by Gasteiger charge is -2.32. The molecule has 104 valence electrons. The molecular weight excluding hydrogens is 244 g/mol. The topological polar surface area (TPSA) is 75.3 Å². The molecule has 1 aliphatic heterocycles. The Hall–Kier alpha value is -1.65. The molecule has 0 radical (unpaired) electrons. The van der Waals surface area contributed by atoms with Crippen LogP contribution in [0.3, 0.4) is 0 Å². The molecule has 2 aliphatic rings. The molecule has 0 aromatic heterocycles. The van der Waals surface area contributed by atoms with E-state index in [0.717, 1.165) is 12.8 Å². The first-order chi connectivity index (χ1) is 9.08. The molecule has 2 fully saturated rings. The van der Waals surface area contributed by atoms with E-state index in [9.17, 15) is 14.4 Å². The molecule has 5 heteroatoms. The van der Waals surface area contributed by atoms with Crippen LogP contribution in [0.25, 0.3) is 0 Å². The highest BCUT2D eigenvalue weighted by Gasteiger charge is 2.48. The van der Waals surface area contributed by atoms with Gasteiger partial charge in [0.05, 0.1) is 0 Å². The molecule has 0 aromatic carbocycles. The number of nitrogens with one attached hydrogen (secondary N) is 2. The first-order valence-electron chi connectivity index (χ1n) is 6.93. The number of hydrogen-bond acceptors (Lipinski definition) is 3. The molecule has 0 bridgehead atoms. The van der Waals surface area contributed by atoms with Crippen molar-refractivity contribution in [1.29, 1.82) is 0 Å². The third kappa shape index (κ3) is 2.69. The van der Waals surface area contributed by atoms with Gasteiger partial charge in [-0.2, -0.15) is 0 Å². The fourth-order valence-corrected chi connectivity index (χ4v) is 2.76. The highest BCUT2D eigenvalue weighted by molar-refractivity contribution is 6.19. The molecule has 1 saturated heterocycles. The SMILES string of the molecule is CCC1(CC=C2CCCCC2)C(=O)NC(=O)NC1=O. The Bertz CT molecular complexity index is 412. The van der Waals surface area contributed by atoms with Crippen molar-refractivity contribution in [3.8, 4) is 0 Å². The second-order valence-corrected chi connectivity index (χ2v) is 5.30. The molecule has 1 aliphatic carbocycles. The van der Waals surface area contributed by atoms with Gasteiger partial charge in [0.15, 0.2) is 0 Å². The first kappa shape index (κ1) is 13.8. The summed E-state index contributed by atoms with van der Waals surface area (Å²) in [5, 5.41) is 4.40. The van der Waals surface area contributed by atoms with E-state index < -0.39 is 23.3 Å². The van der Waals surface area contributed by atoms with Crippen molar-refractivity contribution in [2.24, 2.45) is 5.41 Å². The fraction of sp³-hybridized carbons (Fsp3) is 0.643. The molecule has 5 nitrogen and oxygen atoms in total. The van der Waals surface area contributed by atoms with Crippen molar-refractivity contribution in [1.82, 2.24) is 10.6 Å². The van der Waals surface area contributed by atoms with Gasteiger partial charge in [-0.25, -0.2) is 4.79 Å². The number of imide groups is 2. The van der Waals surface area contributed by atoms with E-state index in [1.54, 1.807) is 6.92 Å². The van der Waals surface area contributed by atoms with Crippen LogP contribution in [0.2, 0.25) is 0 Å². The predicted octanol–water partition coefficient (Wildman–Crippen LogP) is 2.03. The largest absolute Gasteiger partial charge is 0.328 e. The maximum absolute atomic E-state index is 12.0. The van der Waals surface area contributed by atoms with Crippen molar-refractivity contribution in [2.75, 3.05) is 0 Å². The van der Waals surface area contributed by atoms with Gasteiger partial charge in [-0.15, -0.1) is 0 Å². The van der Waals surface area contributed by atoms with Crippen LogP contribution in [-0.4, -0.2) is 17.8 Å². The van der Waals surface area contributed by atoms with Crippen LogP contribution >= 0.6 is 0 Å². The highest BCUT2D eigenvalue weighted by atomic mass is 16.2. The van der Waals surface area contributed by atoms with E-state index in [0.29, 0.717) is 12.8 Å². The summed E-state index contributed by atoms with van der Waals surface area (Å²) in [5.41, 5.74) is 0.204. The van der Waals surface area contributed by atoms with E-state index in [4.69, 9.17) is 0 Å². The summed E-state index contributed by atoms with van der Waals surface area (Å²) in [6, 6.07) is -0.718. The normalized spacial score (nSPS) is 22.8. The Kier molecular flexibility index (Phi) is 4.02. The number of urea groups is 1. The second-order valence-electron chi connectivity index (χ2n) is 5.30. The lowest BCUT2D eigenvalue weighted by Crippen LogP contribution is -2.62. The average molecular weight is 264 g/mol. The van der Waals surface area contributed by atoms with Gasteiger partial charge in [-0.05, 0) is 38.5 Å². The van der Waals surface area contributed by atoms with Crippen LogP contribution < -0.4 is 10.6 Å². The maximum Gasteiger partial charge on any atom is 0.328 e. The average Bonchev–Trinajstić information content (AvgIpc) is 2.39. The van der Waals surface area contributed by atoms with Crippen LogP contribution in [0.15, 0.2) is 11.6 Å². The van der Waals surface area contributed by atoms with Crippen LogP contribution in [0.1, 0.15) is 51.9 Å². The quantitative estimate of drug-likeness (QED) is 0.605. The zero-order chi connectivity index (χ0) is 13.9. The van der Waals surface area contributed by atoms with Crippen LogP contribution in [0.5, 0.6) is 0 Å². The third-order valence-corrected chi connectivity index (χ3v) is 4.16. The van der Waals surface area contributed by atoms with Crippen molar-refractivity contribution < 1.29 is 14.4 Å². The minimum atomic E-state index is -1.13. The molecule has 0 aromatic rings. The monoisotopic (exact) mass is 264 g/mol. The number of carbonyl (C=O) groups excluding carboxylic acids is 3. The molecule has 1 heterocycles. The minimum Gasteiger partial charge on any atom is -0.277 e. The van der Waals surface area contributed by atoms with Crippen molar-refractivity contribution in [3.63, 3.8) is 0 Å². The smallest absolute Gasteiger partial charge is 0.277 e. The summed E-state index contributed by atoms with van der Waals surface area (Å²) in [4.78, 5) is 35.2. The van der Waals surface area contributed by atoms with E-state index in [2.05, 4.69) is 10.6 Å². The van der Waals surface area contributed by atoms with Crippen LogP contribution in [0, 0.1) is 5.41 Å². The van der Waals surface area contributed by atoms with Crippen molar-refractivity contribution >= 4 is 17.8 Å². The molecule has 0 atom stereocenters. The number of allylic oxidation sites excluding steroid dienone is 2. The van der Waals surface area contributed by atoms with Gasteiger partial charge in [-0.1, -0.05) is 25.0 Å². The summed E-state index contributed by atoms with van der Waals surface area (Å²) in [5.74, 6) is -0.951. The lowest BCUT2D eigenvalue weighted by atomic mass is 9.77. The van der Waals surface area contributed by atoms with Gasteiger partial charge < -0.3 is 0 Å². The molecular formula is C14H20N2O3. The van der Waals surface area contributed by atoms with E-state index in [-0.39, 0.29) is 0 Å². The van der Waals surface area contributed by atoms with Gasteiger partial charge in [0.1, 0.15) is 5.41 Å². The molecule has 0 spiro atoms. The standard InChI is InChI=1S/C14H20N2O3/c1-2-14(9-8-10-6-4-3-5-7-10)11(17)15-13(19)16-12(14)18/h8H,2-7,9H2,1H3,(H2,15,16,17,18,19). The molecule has 4 amide bonds. The Morgan fingerprint density at radius 3 is 2.16 bits per heavy atom. The number of hydrogen-bond donors (Lipinski definition) is 2. The Morgan fingerprint density at radius 1 is 1.05 bits per heavy atom. The van der Waals surface area contributed by atoms with E-state index in [1.807, 2.05) is 6.08 Å². The lowest BCUT2D eigenvalue weighted by molar-refractivity contribution is -0.144. The number of amides is 4. The summed E-state index contributed by atoms with van der Waals surface area (Å²) in [6.07, 6.45) is 8.53. The summed E-state index contributed by atoms with van der Waals surface area (Å²) in [7, 11) is 0. The molecule has 1 saturated carbocycles. The maximum atomic E-state index is 12.0. The van der Waals surface area contributed by atoms with Crippen molar-refractivity contribution in [2.45, 2.75) is 51.9 Å². The molecule has 0 unspecified atom stereocenters. The van der Waals surface area contributed by atoms with Gasteiger partial charge in [0, 0.05) is 0 Å². The number of barbiturate groups is 1. The summed E-state index contributed by atoms with van der Waals surface area (Å²) >= 11 is 0. The highest BCUT2D eigenvalue weighted by Crippen LogP contribution is 2.32. The number of carbonyl (C=O) groups is 3. The predicted molar refractivity (Wildman–Crippen MR) is 70.2 cm³/mol. The Morgan fingerprint density at radius 2 is 1.63 bits per heavy atom. The zero-order valence-corrected chi connectivity index (χ0v) is 11.3. The third-order valence-electron chi connectivity index (χ3n) is 4.16. The summed E-state index contributed by atoms with van der Waals surface area (Å²) in [6.45, 7) is 1.80. The molecule has 2 N–H and O–H groups in total. The van der Waals surface area contributed by atoms with Gasteiger partial charge in [0.2, 0.25) is 11.8 Å². The Labute approximate surface area is 112 Å². The Balaban J connectivity index is 2.15.